The van der Waals surface area contributed by atoms with Gasteiger partial charge < -0.3 is 19.3 Å². The van der Waals surface area contributed by atoms with Crippen LogP contribution in [0.2, 0.25) is 0 Å². The van der Waals surface area contributed by atoms with Gasteiger partial charge in [0.1, 0.15) is 0 Å². The van der Waals surface area contributed by atoms with E-state index in [1.807, 2.05) is 34.1 Å². The highest BCUT2D eigenvalue weighted by Crippen LogP contribution is 2.30. The smallest absolute Gasteiger partial charge is 0.282 e. The van der Waals surface area contributed by atoms with E-state index < -0.39 is 9.85 Å². The van der Waals surface area contributed by atoms with Crippen molar-refractivity contribution in [2.45, 2.75) is 0 Å². The molecule has 0 saturated carbocycles. The lowest BCUT2D eigenvalue weighted by Gasteiger charge is -2.28. The molecule has 0 aliphatic carbocycles. The molecule has 3 aromatic rings. The molecule has 16 nitrogen and oxygen atoms in total. The molecule has 0 bridgehead atoms. The van der Waals surface area contributed by atoms with Crippen LogP contribution in [0.3, 0.4) is 0 Å². The van der Waals surface area contributed by atoms with Crippen molar-refractivity contribution >= 4 is 58.4 Å². The van der Waals surface area contributed by atoms with Gasteiger partial charge in [0.25, 0.3) is 23.2 Å². The average Bonchev–Trinajstić information content (AvgIpc) is 3.65. The Morgan fingerprint density at radius 2 is 0.900 bits per heavy atom. The molecule has 4 aliphatic rings. The van der Waals surface area contributed by atoms with Gasteiger partial charge in [-0.3, -0.25) is 29.8 Å². The summed E-state index contributed by atoms with van der Waals surface area (Å²) in [5.41, 5.74) is 2.78. The van der Waals surface area contributed by atoms with Crippen molar-refractivity contribution in [3.05, 3.63) is 115 Å². The molecule has 0 aromatic heterocycles. The van der Waals surface area contributed by atoms with Gasteiger partial charge in [0, 0.05) is 50.4 Å². The molecule has 0 N–H and O–H groups in total. The summed E-state index contributed by atoms with van der Waals surface area (Å²) < 4.78 is 11.0. The Kier molecular flexibility index (Phi) is 8.85. The fraction of sp³-hybridized carbons (Fsp3) is 0.235. The van der Waals surface area contributed by atoms with Crippen molar-refractivity contribution in [2.75, 3.05) is 62.6 Å². The number of hydrogen-bond donors (Lipinski definition) is 0. The van der Waals surface area contributed by atoms with Crippen molar-refractivity contribution in [1.29, 1.82) is 0 Å². The summed E-state index contributed by atoms with van der Waals surface area (Å²) in [5.74, 6) is 0.218. The quantitative estimate of drug-likeness (QED) is 0.212. The minimum Gasteiger partial charge on any atom is -0.378 e. The molecule has 3 aromatic carbocycles. The zero-order valence-corrected chi connectivity index (χ0v) is 26.6. The molecule has 4 heterocycles. The molecular formula is C34H30N8O8. The van der Waals surface area contributed by atoms with Gasteiger partial charge in [-0.15, -0.1) is 10.2 Å². The van der Waals surface area contributed by atoms with E-state index in [-0.39, 0.29) is 23.2 Å². The summed E-state index contributed by atoms with van der Waals surface area (Å²) in [4.78, 5) is 52.7. The SMILES string of the molecule is O=C1/C(=C\c2ccc(/C=C3\C(=O)N(c4ccc([N+](=O)[O-])cc4)N=C3N3CCOCC3)cc2)C(N2CCOCC2)=NN1c1ccc([N+](=O)[O-])cc1. The number of morpholine rings is 2. The summed E-state index contributed by atoms with van der Waals surface area (Å²) in [7, 11) is 0. The second-order valence-electron chi connectivity index (χ2n) is 11.6. The Labute approximate surface area is 285 Å². The van der Waals surface area contributed by atoms with Crippen molar-refractivity contribution in [1.82, 2.24) is 9.80 Å². The highest BCUT2D eigenvalue weighted by molar-refractivity contribution is 6.33. The second kappa shape index (κ2) is 13.7. The monoisotopic (exact) mass is 678 g/mol. The van der Waals surface area contributed by atoms with Gasteiger partial charge in [0.05, 0.1) is 58.8 Å². The molecule has 2 fully saturated rings. The van der Waals surface area contributed by atoms with Crippen LogP contribution in [0.4, 0.5) is 22.7 Å². The second-order valence-corrected chi connectivity index (χ2v) is 11.6. The van der Waals surface area contributed by atoms with Crippen LogP contribution in [0.5, 0.6) is 0 Å². The van der Waals surface area contributed by atoms with E-state index in [0.29, 0.717) is 97.9 Å². The maximum atomic E-state index is 13.7. The number of amides is 2. The number of hydrogen-bond acceptors (Lipinski definition) is 12. The third-order valence-electron chi connectivity index (χ3n) is 8.51. The summed E-state index contributed by atoms with van der Waals surface area (Å²) in [6, 6.07) is 18.6. The molecule has 50 heavy (non-hydrogen) atoms. The molecular weight excluding hydrogens is 648 g/mol. The fourth-order valence-electron chi connectivity index (χ4n) is 5.88. The number of ether oxygens (including phenoxy) is 2. The van der Waals surface area contributed by atoms with Crippen molar-refractivity contribution in [2.24, 2.45) is 10.2 Å². The lowest BCUT2D eigenvalue weighted by molar-refractivity contribution is -0.385. The van der Waals surface area contributed by atoms with Crippen molar-refractivity contribution in [3.63, 3.8) is 0 Å². The number of non-ortho nitro benzene ring substituents is 2. The van der Waals surface area contributed by atoms with Crippen LogP contribution >= 0.6 is 0 Å². The number of carbonyl (C=O) groups is 2. The predicted molar refractivity (Wildman–Crippen MR) is 183 cm³/mol. The van der Waals surface area contributed by atoms with Crippen LogP contribution in [-0.2, 0) is 19.1 Å². The average molecular weight is 679 g/mol. The first-order valence-corrected chi connectivity index (χ1v) is 15.8. The van der Waals surface area contributed by atoms with Gasteiger partial charge in [-0.05, 0) is 47.5 Å². The minimum absolute atomic E-state index is 0.0923. The Morgan fingerprint density at radius 3 is 1.22 bits per heavy atom. The fourth-order valence-corrected chi connectivity index (χ4v) is 5.88. The molecule has 0 unspecified atom stereocenters. The van der Waals surface area contributed by atoms with Crippen LogP contribution < -0.4 is 10.0 Å². The maximum absolute atomic E-state index is 13.7. The zero-order valence-electron chi connectivity index (χ0n) is 26.6. The summed E-state index contributed by atoms with van der Waals surface area (Å²) in [6.07, 6.45) is 3.49. The number of hydrazone groups is 2. The van der Waals surface area contributed by atoms with Gasteiger partial charge >= 0.3 is 0 Å². The van der Waals surface area contributed by atoms with Gasteiger partial charge in [0.15, 0.2) is 11.7 Å². The molecule has 7 rings (SSSR count). The van der Waals surface area contributed by atoms with E-state index in [2.05, 4.69) is 10.2 Å². The van der Waals surface area contributed by atoms with Gasteiger partial charge in [-0.25, -0.2) is 0 Å². The molecule has 2 saturated heterocycles. The molecule has 16 heteroatoms. The highest BCUT2D eigenvalue weighted by Gasteiger charge is 2.36. The van der Waals surface area contributed by atoms with Gasteiger partial charge in [-0.1, -0.05) is 24.3 Å². The van der Waals surface area contributed by atoms with Gasteiger partial charge in [0.2, 0.25) is 0 Å². The van der Waals surface area contributed by atoms with Crippen molar-refractivity contribution < 1.29 is 28.9 Å². The summed E-state index contributed by atoms with van der Waals surface area (Å²) in [5, 5.41) is 34.1. The highest BCUT2D eigenvalue weighted by atomic mass is 16.6. The number of nitrogens with zero attached hydrogens (tertiary/aromatic N) is 8. The van der Waals surface area contributed by atoms with Gasteiger partial charge in [-0.2, -0.15) is 10.0 Å². The third kappa shape index (κ3) is 6.44. The normalized spacial score (nSPS) is 19.8. The molecule has 0 radical (unpaired) electrons. The zero-order chi connectivity index (χ0) is 34.8. The van der Waals surface area contributed by atoms with Crippen LogP contribution in [0.15, 0.2) is 94.1 Å². The Balaban J connectivity index is 1.17. The lowest BCUT2D eigenvalue weighted by Crippen LogP contribution is -2.41. The molecule has 0 spiro atoms. The number of amidine groups is 2. The first-order chi connectivity index (χ1) is 24.3. The van der Waals surface area contributed by atoms with E-state index in [9.17, 15) is 29.8 Å². The molecule has 0 atom stereocenters. The molecule has 2 amide bonds. The van der Waals surface area contributed by atoms with Crippen LogP contribution in [0.25, 0.3) is 12.2 Å². The van der Waals surface area contributed by atoms with E-state index >= 15 is 0 Å². The Bertz CT molecular complexity index is 1820. The first-order valence-electron chi connectivity index (χ1n) is 15.8. The number of carbonyl (C=O) groups excluding carboxylic acids is 2. The number of anilines is 2. The Morgan fingerprint density at radius 1 is 0.560 bits per heavy atom. The third-order valence-corrected chi connectivity index (χ3v) is 8.51. The molecule has 254 valence electrons. The predicted octanol–water partition coefficient (Wildman–Crippen LogP) is 3.65. The van der Waals surface area contributed by atoms with Crippen LogP contribution in [-0.4, -0.2) is 95.7 Å². The minimum atomic E-state index is -0.503. The van der Waals surface area contributed by atoms with Crippen LogP contribution in [0.1, 0.15) is 11.1 Å². The number of nitro benzene ring substituents is 2. The Hall–Kier alpha value is -6.26. The lowest BCUT2D eigenvalue weighted by atomic mass is 10.0. The van der Waals surface area contributed by atoms with E-state index in [1.165, 1.54) is 58.5 Å². The standard InChI is InChI=1S/C34H30N8O8/c43-33-29(31(37-13-17-49-18-14-37)35-39(33)25-5-9-27(10-6-25)41(45)46)21-23-1-2-24(4-3-23)22-30-32(38-15-19-50-20-16-38)36-40(34(30)44)26-7-11-28(12-8-26)42(47)48/h1-12,21-22H,13-20H2/b29-21-,30-22-. The van der Waals surface area contributed by atoms with E-state index in [4.69, 9.17) is 9.47 Å². The van der Waals surface area contributed by atoms with E-state index in [0.717, 1.165) is 0 Å². The summed E-state index contributed by atoms with van der Waals surface area (Å²) in [6.45, 7) is 4.11. The number of nitro groups is 2. The largest absolute Gasteiger partial charge is 0.378 e. The number of benzene rings is 3. The summed E-state index contributed by atoms with van der Waals surface area (Å²) >= 11 is 0. The first kappa shape index (κ1) is 32.3. The topological polar surface area (TPSA) is 177 Å². The van der Waals surface area contributed by atoms with Crippen molar-refractivity contribution in [3.8, 4) is 0 Å². The van der Waals surface area contributed by atoms with E-state index in [1.54, 1.807) is 12.2 Å². The maximum Gasteiger partial charge on any atom is 0.282 e. The number of rotatable bonds is 6. The molecule has 4 aliphatic heterocycles. The van der Waals surface area contributed by atoms with Crippen LogP contribution in [0, 0.1) is 20.2 Å².